The van der Waals surface area contributed by atoms with E-state index in [9.17, 15) is 19.5 Å². The second kappa shape index (κ2) is 6.35. The van der Waals surface area contributed by atoms with Crippen molar-refractivity contribution in [2.75, 3.05) is 6.61 Å². The molecule has 1 fully saturated rings. The van der Waals surface area contributed by atoms with E-state index in [1.807, 2.05) is 30.3 Å². The molecule has 1 aliphatic rings. The number of esters is 1. The molecule has 0 atom stereocenters. The fourth-order valence-electron chi connectivity index (χ4n) is 2.40. The Morgan fingerprint density at radius 2 is 1.76 bits per heavy atom. The van der Waals surface area contributed by atoms with Gasteiger partial charge in [0.25, 0.3) is 0 Å². The van der Waals surface area contributed by atoms with E-state index in [2.05, 4.69) is 4.74 Å². The van der Waals surface area contributed by atoms with Gasteiger partial charge in [0.05, 0.1) is 0 Å². The van der Waals surface area contributed by atoms with Crippen LogP contribution in [-0.2, 0) is 19.1 Å². The quantitative estimate of drug-likeness (QED) is 0.398. The molecule has 0 unspecified atom stereocenters. The number of allylic oxidation sites excluding steroid dienone is 1. The summed E-state index contributed by atoms with van der Waals surface area (Å²) in [5.41, 5.74) is 0.696. The molecular formula is C16H16O5. The molecule has 1 saturated carbocycles. The molecule has 0 spiro atoms. The molecule has 0 aliphatic heterocycles. The highest BCUT2D eigenvalue weighted by atomic mass is 16.5. The van der Waals surface area contributed by atoms with Crippen LogP contribution in [0.25, 0.3) is 0 Å². The zero-order chi connectivity index (χ0) is 15.4. The Morgan fingerprint density at radius 3 is 2.29 bits per heavy atom. The van der Waals surface area contributed by atoms with Crippen molar-refractivity contribution in [2.24, 2.45) is 0 Å². The van der Waals surface area contributed by atoms with Crippen molar-refractivity contribution in [2.45, 2.75) is 25.7 Å². The predicted octanol–water partition coefficient (Wildman–Crippen LogP) is 2.08. The van der Waals surface area contributed by atoms with Gasteiger partial charge in [-0.2, -0.15) is 0 Å². The molecular weight excluding hydrogens is 272 g/mol. The summed E-state index contributed by atoms with van der Waals surface area (Å²) in [6, 6.07) is 9.32. The average molecular weight is 288 g/mol. The van der Waals surface area contributed by atoms with Gasteiger partial charge in [0, 0.05) is 19.8 Å². The van der Waals surface area contributed by atoms with Gasteiger partial charge < -0.3 is 9.84 Å². The molecule has 21 heavy (non-hydrogen) atoms. The molecule has 0 bridgehead atoms. The monoisotopic (exact) mass is 288 g/mol. The van der Waals surface area contributed by atoms with Crippen molar-refractivity contribution in [1.82, 2.24) is 0 Å². The zero-order valence-electron chi connectivity index (χ0n) is 11.7. The van der Waals surface area contributed by atoms with Crippen molar-refractivity contribution in [3.8, 4) is 0 Å². The van der Waals surface area contributed by atoms with Crippen LogP contribution in [-0.4, -0.2) is 29.2 Å². The molecule has 0 saturated heterocycles. The first-order chi connectivity index (χ1) is 9.99. The Bertz CT molecular complexity index is 580. The smallest absolute Gasteiger partial charge is 0.303 e. The molecule has 0 amide bonds. The van der Waals surface area contributed by atoms with Crippen LogP contribution in [0.1, 0.15) is 31.2 Å². The van der Waals surface area contributed by atoms with E-state index in [0.29, 0.717) is 0 Å². The van der Waals surface area contributed by atoms with E-state index in [1.54, 1.807) is 0 Å². The second-order valence-electron chi connectivity index (χ2n) is 4.96. The number of carbonyl (C=O) groups excluding carboxylic acids is 3. The molecule has 110 valence electrons. The van der Waals surface area contributed by atoms with E-state index in [4.69, 9.17) is 0 Å². The van der Waals surface area contributed by atoms with Gasteiger partial charge in [-0.25, -0.2) is 0 Å². The standard InChI is InChI=1S/C16H16O5/c1-10(17)21-9-15(20)16-13(18)7-12(8-14(16)19)11-5-3-2-4-6-11/h2-6,12,20H,7-9H2,1H3. The summed E-state index contributed by atoms with van der Waals surface area (Å²) in [5, 5.41) is 9.78. The lowest BCUT2D eigenvalue weighted by Gasteiger charge is -2.22. The minimum atomic E-state index is -0.583. The second-order valence-corrected chi connectivity index (χ2v) is 4.96. The highest BCUT2D eigenvalue weighted by Gasteiger charge is 2.33. The van der Waals surface area contributed by atoms with Gasteiger partial charge in [0.2, 0.25) is 0 Å². The lowest BCUT2D eigenvalue weighted by atomic mass is 9.79. The Kier molecular flexibility index (Phi) is 4.52. The SMILES string of the molecule is CC(=O)OCC(O)=C1C(=O)CC(c2ccccc2)CC1=O. The number of Topliss-reactive ketones (excluding diaryl/α,β-unsaturated/α-hetero) is 2. The first kappa shape index (κ1) is 15.0. The number of benzene rings is 1. The number of ketones is 2. The van der Waals surface area contributed by atoms with Crippen molar-refractivity contribution < 1.29 is 24.2 Å². The number of aliphatic hydroxyl groups is 1. The minimum absolute atomic E-state index is 0.162. The molecule has 2 rings (SSSR count). The van der Waals surface area contributed by atoms with Crippen LogP contribution < -0.4 is 0 Å². The van der Waals surface area contributed by atoms with E-state index in [1.165, 1.54) is 6.92 Å². The number of carbonyl (C=O) groups is 3. The van der Waals surface area contributed by atoms with Gasteiger partial charge in [-0.15, -0.1) is 0 Å². The summed E-state index contributed by atoms with van der Waals surface area (Å²) in [6.45, 7) is 0.742. The van der Waals surface area contributed by atoms with Crippen LogP contribution in [0.15, 0.2) is 41.7 Å². The fraction of sp³-hybridized carbons (Fsp3) is 0.312. The number of rotatable bonds is 3. The third kappa shape index (κ3) is 3.56. The fourth-order valence-corrected chi connectivity index (χ4v) is 2.40. The normalized spacial score (nSPS) is 18.5. The largest absolute Gasteiger partial charge is 0.508 e. The Hall–Kier alpha value is -2.43. The number of aliphatic hydroxyl groups excluding tert-OH is 1. The molecule has 5 nitrogen and oxygen atoms in total. The van der Waals surface area contributed by atoms with Gasteiger partial charge in [-0.1, -0.05) is 30.3 Å². The van der Waals surface area contributed by atoms with Crippen LogP contribution in [0.2, 0.25) is 0 Å². The average Bonchev–Trinajstić information content (AvgIpc) is 2.45. The summed E-state index contributed by atoms with van der Waals surface area (Å²) >= 11 is 0. The molecule has 1 aromatic rings. The van der Waals surface area contributed by atoms with Crippen molar-refractivity contribution in [3.05, 3.63) is 47.2 Å². The third-order valence-electron chi connectivity index (χ3n) is 3.39. The van der Waals surface area contributed by atoms with Crippen LogP contribution in [0.4, 0.5) is 0 Å². The molecule has 5 heteroatoms. The summed E-state index contributed by atoms with van der Waals surface area (Å²) in [7, 11) is 0. The molecule has 1 N–H and O–H groups in total. The minimum Gasteiger partial charge on any atom is -0.508 e. The van der Waals surface area contributed by atoms with E-state index in [-0.39, 0.29) is 24.3 Å². The molecule has 1 aliphatic carbocycles. The summed E-state index contributed by atoms with van der Waals surface area (Å²) in [6.07, 6.45) is 0.324. The number of ether oxygens (including phenoxy) is 1. The van der Waals surface area contributed by atoms with Gasteiger partial charge >= 0.3 is 5.97 Å². The van der Waals surface area contributed by atoms with Crippen molar-refractivity contribution in [1.29, 1.82) is 0 Å². The van der Waals surface area contributed by atoms with E-state index < -0.39 is 29.9 Å². The zero-order valence-corrected chi connectivity index (χ0v) is 11.7. The van der Waals surface area contributed by atoms with Gasteiger partial charge in [0.15, 0.2) is 11.6 Å². The maximum atomic E-state index is 12.1. The van der Waals surface area contributed by atoms with Gasteiger partial charge in [-0.05, 0) is 11.5 Å². The van der Waals surface area contributed by atoms with Crippen molar-refractivity contribution in [3.63, 3.8) is 0 Å². The van der Waals surface area contributed by atoms with E-state index >= 15 is 0 Å². The highest BCUT2D eigenvalue weighted by molar-refractivity contribution is 6.22. The summed E-state index contributed by atoms with van der Waals surface area (Å²) in [5.74, 6) is -2.04. The summed E-state index contributed by atoms with van der Waals surface area (Å²) in [4.78, 5) is 34.9. The Balaban J connectivity index is 2.16. The molecule has 1 aromatic carbocycles. The molecule has 0 radical (unpaired) electrons. The maximum absolute atomic E-state index is 12.1. The Labute approximate surface area is 122 Å². The predicted molar refractivity (Wildman–Crippen MR) is 74.7 cm³/mol. The van der Waals surface area contributed by atoms with E-state index in [0.717, 1.165) is 5.56 Å². The molecule has 0 aromatic heterocycles. The first-order valence-corrected chi connectivity index (χ1v) is 6.66. The Morgan fingerprint density at radius 1 is 1.19 bits per heavy atom. The van der Waals surface area contributed by atoms with Crippen LogP contribution in [0.5, 0.6) is 0 Å². The number of hydrogen-bond donors (Lipinski definition) is 1. The van der Waals surface area contributed by atoms with Crippen LogP contribution in [0, 0.1) is 0 Å². The van der Waals surface area contributed by atoms with Crippen LogP contribution >= 0.6 is 0 Å². The maximum Gasteiger partial charge on any atom is 0.303 e. The third-order valence-corrected chi connectivity index (χ3v) is 3.39. The lowest BCUT2D eigenvalue weighted by Crippen LogP contribution is -2.27. The topological polar surface area (TPSA) is 80.7 Å². The van der Waals surface area contributed by atoms with Crippen molar-refractivity contribution >= 4 is 17.5 Å². The van der Waals surface area contributed by atoms with Gasteiger partial charge in [0.1, 0.15) is 17.9 Å². The highest BCUT2D eigenvalue weighted by Crippen LogP contribution is 2.32. The van der Waals surface area contributed by atoms with Crippen LogP contribution in [0.3, 0.4) is 0 Å². The van der Waals surface area contributed by atoms with Gasteiger partial charge in [-0.3, -0.25) is 14.4 Å². The number of hydrogen-bond acceptors (Lipinski definition) is 5. The lowest BCUT2D eigenvalue weighted by molar-refractivity contribution is -0.141. The first-order valence-electron chi connectivity index (χ1n) is 6.66. The molecule has 0 heterocycles. The summed E-state index contributed by atoms with van der Waals surface area (Å²) < 4.78 is 4.61.